The second-order valence-corrected chi connectivity index (χ2v) is 23.6. The molecule has 16 nitrogen and oxygen atoms in total. The lowest BCUT2D eigenvalue weighted by atomic mass is 9.72. The molecule has 0 saturated carbocycles. The van der Waals surface area contributed by atoms with E-state index in [9.17, 15) is 34.7 Å². The zero-order chi connectivity index (χ0) is 55.9. The molecular weight excluding hydrogens is 969 g/mol. The van der Waals surface area contributed by atoms with E-state index in [0.717, 1.165) is 17.7 Å². The smallest absolute Gasteiger partial charge is 0.303 e. The van der Waals surface area contributed by atoms with Gasteiger partial charge in [-0.1, -0.05) is 67.5 Å². The Morgan fingerprint density at radius 1 is 0.895 bits per heavy atom. The Balaban J connectivity index is 1.05. The molecule has 2 spiro atoms. The quantitative estimate of drug-likeness (QED) is 0.0299. The van der Waals surface area contributed by atoms with Gasteiger partial charge < -0.3 is 54.2 Å². The number of aliphatic hydroxyl groups is 2. The number of Topliss-reactive ketones (excluding diaryl/α,β-unsaturated/α-hetero) is 1. The number of rotatable bonds is 21. The van der Waals surface area contributed by atoms with Crippen molar-refractivity contribution < 1.29 is 57.8 Å². The van der Waals surface area contributed by atoms with Crippen LogP contribution in [0.5, 0.6) is 0 Å². The summed E-state index contributed by atoms with van der Waals surface area (Å²) < 4.78 is 40.5. The molecule has 0 radical (unpaired) electrons. The van der Waals surface area contributed by atoms with Gasteiger partial charge in [0, 0.05) is 69.9 Å². The van der Waals surface area contributed by atoms with Crippen molar-refractivity contribution in [1.29, 1.82) is 5.26 Å². The number of nitriles is 1. The maximum absolute atomic E-state index is 14.9. The number of esters is 1. The van der Waals surface area contributed by atoms with Crippen molar-refractivity contribution in [2.75, 3.05) is 32.1 Å². The van der Waals surface area contributed by atoms with Crippen molar-refractivity contribution in [3.63, 3.8) is 0 Å². The maximum atomic E-state index is 14.9. The highest BCUT2D eigenvalue weighted by atomic mass is 16.8. The summed E-state index contributed by atoms with van der Waals surface area (Å²) in [5.74, 6) is -6.14. The van der Waals surface area contributed by atoms with Crippen LogP contribution in [0.15, 0.2) is 42.0 Å². The number of hydrogen-bond donors (Lipinski definition) is 4. The summed E-state index contributed by atoms with van der Waals surface area (Å²) in [5.41, 5.74) is 0.0535. The van der Waals surface area contributed by atoms with Crippen LogP contribution in [-0.4, -0.2) is 126 Å². The molecule has 76 heavy (non-hydrogen) atoms. The number of aliphatic hydroxyl groups excluding tert-OH is 1. The molecule has 18 atom stereocenters. The molecule has 6 rings (SSSR count). The number of amides is 2. The number of unbranched alkanes of at least 4 members (excludes halogenated alkanes) is 1. The molecule has 5 aliphatic rings. The Bertz CT molecular complexity index is 2270. The SMILES string of the molecule is CCC(C(=O)NCCCCNC(=O)/C(C#N)=C/c1ccc(N(C)C)cc1)[C@H]1CC[C@H](C)[C@H](C(C)C(O)[C@H](C)C(=O)[C@H](CC)[C@H]2O[C@]3(C=C[C@@H](OC(C)=O)[C@]4(CC[C@@](C)([C@H]5CC[C@](O)(CC)C(C)O5)O4)O3)C(C)CC2C)O1. The summed E-state index contributed by atoms with van der Waals surface area (Å²) in [4.78, 5) is 55.9. The third kappa shape index (κ3) is 13.4. The summed E-state index contributed by atoms with van der Waals surface area (Å²) in [6, 6.07) is 9.57. The molecule has 2 amide bonds. The highest BCUT2D eigenvalue weighted by Gasteiger charge is 2.64. The number of ether oxygens (including phenoxy) is 6. The fourth-order valence-electron chi connectivity index (χ4n) is 12.9. The molecule has 4 fully saturated rings. The lowest BCUT2D eigenvalue weighted by Crippen LogP contribution is -2.63. The first kappa shape index (κ1) is 61.0. The van der Waals surface area contributed by atoms with Crippen LogP contribution in [-0.2, 0) is 47.6 Å². The second-order valence-electron chi connectivity index (χ2n) is 23.6. The largest absolute Gasteiger partial charge is 0.453 e. The normalized spacial score (nSPS) is 35.6. The van der Waals surface area contributed by atoms with E-state index >= 15 is 0 Å². The first-order valence-corrected chi connectivity index (χ1v) is 28.6. The number of carbonyl (C=O) groups is 4. The van der Waals surface area contributed by atoms with Gasteiger partial charge in [0.05, 0.1) is 53.7 Å². The topological polar surface area (TPSA) is 215 Å². The molecule has 0 aliphatic carbocycles. The first-order valence-electron chi connectivity index (χ1n) is 28.6. The zero-order valence-electron chi connectivity index (χ0n) is 47.9. The number of anilines is 1. The number of carbonyl (C=O) groups excluding carboxylic acids is 4. The van der Waals surface area contributed by atoms with Crippen LogP contribution in [0.4, 0.5) is 5.69 Å². The third-order valence-corrected chi connectivity index (χ3v) is 18.0. The highest BCUT2D eigenvalue weighted by molar-refractivity contribution is 6.01. The number of nitrogens with zero attached hydrogens (tertiary/aromatic N) is 2. The summed E-state index contributed by atoms with van der Waals surface area (Å²) in [6.45, 7) is 21.9. The average molecular weight is 1060 g/mol. The van der Waals surface area contributed by atoms with Gasteiger partial charge in [-0.05, 0) is 132 Å². The van der Waals surface area contributed by atoms with Crippen LogP contribution in [0.25, 0.3) is 6.08 Å². The van der Waals surface area contributed by atoms with Crippen LogP contribution < -0.4 is 15.5 Å². The van der Waals surface area contributed by atoms with E-state index in [1.807, 2.05) is 103 Å². The predicted molar refractivity (Wildman–Crippen MR) is 290 cm³/mol. The summed E-state index contributed by atoms with van der Waals surface area (Å²) in [5, 5.41) is 38.9. The van der Waals surface area contributed by atoms with Gasteiger partial charge >= 0.3 is 5.97 Å². The molecule has 0 bridgehead atoms. The van der Waals surface area contributed by atoms with Gasteiger partial charge in [-0.2, -0.15) is 5.26 Å². The molecule has 5 heterocycles. The van der Waals surface area contributed by atoms with Crippen molar-refractivity contribution >= 4 is 35.3 Å². The van der Waals surface area contributed by atoms with E-state index in [2.05, 4.69) is 31.4 Å². The Morgan fingerprint density at radius 3 is 2.17 bits per heavy atom. The Hall–Kier alpha value is -4.21. The predicted octanol–water partition coefficient (Wildman–Crippen LogP) is 8.36. The standard InChI is InChI=1S/C60H92N4O12/c1-14-46(56(69)63-32-18-17-31-62-55(68)44(35-61)34-43-20-22-45(23-21-43)64(12)13)48-24-19-36(4)53(73-48)40(8)51(66)39(7)52(67)47(15-2)54-37(5)33-38(6)59(74-54)28-26-50(72-42(10)65)60(76-59)30-29-57(11,75-60)49-25-27-58(70,16-3)41(9)71-49/h20-23,26,28,34,36-41,46-51,53-54,66,70H,14-19,24-25,27,29-33H2,1-13H3,(H,62,68)(H,63,69)/b44-34+/t36-,37?,38?,39-,40?,41?,46?,47-,48+,49+,50+,51?,53+,54-,57-,58+,59-,60-/m0/s1. The lowest BCUT2D eigenvalue weighted by molar-refractivity contribution is -0.409. The van der Waals surface area contributed by atoms with Crippen molar-refractivity contribution in [3.8, 4) is 6.07 Å². The van der Waals surface area contributed by atoms with Gasteiger partial charge in [0.25, 0.3) is 5.91 Å². The second kappa shape index (κ2) is 25.7. The van der Waals surface area contributed by atoms with Gasteiger partial charge in [0.1, 0.15) is 17.4 Å². The lowest BCUT2D eigenvalue weighted by Gasteiger charge is -2.54. The van der Waals surface area contributed by atoms with Crippen molar-refractivity contribution in [2.24, 2.45) is 41.4 Å². The van der Waals surface area contributed by atoms with Crippen LogP contribution in [0.3, 0.4) is 0 Å². The molecule has 4 N–H and O–H groups in total. The van der Waals surface area contributed by atoms with Crippen molar-refractivity contribution in [1.82, 2.24) is 10.6 Å². The maximum Gasteiger partial charge on any atom is 0.303 e. The summed E-state index contributed by atoms with van der Waals surface area (Å²) in [7, 11) is 3.89. The fourth-order valence-corrected chi connectivity index (χ4v) is 12.9. The van der Waals surface area contributed by atoms with Crippen LogP contribution in [0.1, 0.15) is 159 Å². The van der Waals surface area contributed by atoms with Gasteiger partial charge in [-0.3, -0.25) is 19.2 Å². The molecule has 6 unspecified atom stereocenters. The van der Waals surface area contributed by atoms with Gasteiger partial charge in [-0.15, -0.1) is 0 Å². The van der Waals surface area contributed by atoms with Crippen molar-refractivity contribution in [3.05, 3.63) is 47.6 Å². The van der Waals surface area contributed by atoms with E-state index in [1.54, 1.807) is 13.0 Å². The van der Waals surface area contributed by atoms with E-state index in [4.69, 9.17) is 28.4 Å². The van der Waals surface area contributed by atoms with E-state index < -0.39 is 88.8 Å². The molecule has 1 aromatic carbocycles. The third-order valence-electron chi connectivity index (χ3n) is 18.0. The minimum absolute atomic E-state index is 0.0223. The molecule has 16 heteroatoms. The van der Waals surface area contributed by atoms with Crippen LogP contribution >= 0.6 is 0 Å². The van der Waals surface area contributed by atoms with Crippen LogP contribution in [0, 0.1) is 52.8 Å². The van der Waals surface area contributed by atoms with Gasteiger partial charge in [0.2, 0.25) is 11.7 Å². The number of benzene rings is 1. The zero-order valence-corrected chi connectivity index (χ0v) is 47.9. The fraction of sp³-hybridized carbons (Fsp3) is 0.750. The minimum atomic E-state index is -1.40. The van der Waals surface area contributed by atoms with E-state index in [0.29, 0.717) is 83.7 Å². The highest BCUT2D eigenvalue weighted by Crippen LogP contribution is 2.55. The van der Waals surface area contributed by atoms with Crippen molar-refractivity contribution in [2.45, 2.75) is 219 Å². The Labute approximate surface area is 453 Å². The molecule has 1 aromatic rings. The molecular formula is C60H92N4O12. The number of ketones is 1. The summed E-state index contributed by atoms with van der Waals surface area (Å²) >= 11 is 0. The monoisotopic (exact) mass is 1060 g/mol. The van der Waals surface area contributed by atoms with E-state index in [-0.39, 0.29) is 47.2 Å². The van der Waals surface area contributed by atoms with E-state index in [1.165, 1.54) is 6.92 Å². The Morgan fingerprint density at radius 2 is 1.57 bits per heavy atom. The molecule has 5 aliphatic heterocycles. The van der Waals surface area contributed by atoms with Gasteiger partial charge in [0.15, 0.2) is 11.9 Å². The summed E-state index contributed by atoms with van der Waals surface area (Å²) in [6.07, 6.45) is 8.34. The van der Waals surface area contributed by atoms with Crippen LogP contribution in [0.2, 0.25) is 0 Å². The number of hydrogen-bond acceptors (Lipinski definition) is 14. The number of nitrogens with one attached hydrogen (secondary N) is 2. The molecule has 4 saturated heterocycles. The molecule has 0 aromatic heterocycles. The Kier molecular flexibility index (Phi) is 20.6. The first-order chi connectivity index (χ1) is 35.9. The minimum Gasteiger partial charge on any atom is -0.453 e. The van der Waals surface area contributed by atoms with Gasteiger partial charge in [-0.25, -0.2) is 0 Å². The molecule has 424 valence electrons. The average Bonchev–Trinajstić information content (AvgIpc) is 3.73.